The number of rotatable bonds is 5. The van der Waals surface area contributed by atoms with Crippen LogP contribution < -0.4 is 4.74 Å². The number of carbonyl (C=O) groups is 1. The smallest absolute Gasteiger partial charge is 0.255 e. The normalized spacial score (nSPS) is 21.6. The number of carbonyl (C=O) groups excluding carboxylic acids is 1. The summed E-state index contributed by atoms with van der Waals surface area (Å²) in [5.41, 5.74) is 1.78. The van der Waals surface area contributed by atoms with E-state index < -0.39 is 5.60 Å². The van der Waals surface area contributed by atoms with Crippen LogP contribution in [0.1, 0.15) is 36.8 Å². The fourth-order valence-corrected chi connectivity index (χ4v) is 4.32. The molecule has 4 nitrogen and oxygen atoms in total. The molecule has 0 radical (unpaired) electrons. The van der Waals surface area contributed by atoms with Crippen molar-refractivity contribution in [1.29, 1.82) is 0 Å². The molecule has 2 aliphatic rings. The molecule has 0 bridgehead atoms. The summed E-state index contributed by atoms with van der Waals surface area (Å²) in [6, 6.07) is 18.4. The Labute approximate surface area is 161 Å². The molecule has 1 amide bonds. The van der Waals surface area contributed by atoms with Crippen LogP contribution in [0.15, 0.2) is 54.6 Å². The van der Waals surface area contributed by atoms with Gasteiger partial charge in [0.15, 0.2) is 0 Å². The number of methoxy groups -OCH3 is 1. The van der Waals surface area contributed by atoms with Crippen LogP contribution in [-0.2, 0) is 22.5 Å². The number of hydrogen-bond acceptors (Lipinski definition) is 3. The van der Waals surface area contributed by atoms with Gasteiger partial charge in [0.05, 0.1) is 19.8 Å². The van der Waals surface area contributed by atoms with Crippen LogP contribution in [0.5, 0.6) is 5.75 Å². The third-order valence-corrected chi connectivity index (χ3v) is 5.88. The first-order valence-electron chi connectivity index (χ1n) is 9.82. The molecule has 0 unspecified atom stereocenters. The van der Waals surface area contributed by atoms with Gasteiger partial charge in [-0.05, 0) is 55.4 Å². The van der Waals surface area contributed by atoms with Crippen LogP contribution in [0.25, 0.3) is 0 Å². The van der Waals surface area contributed by atoms with Gasteiger partial charge in [0, 0.05) is 6.54 Å². The topological polar surface area (TPSA) is 38.8 Å². The maximum atomic E-state index is 13.5. The Hall–Kier alpha value is -2.33. The zero-order valence-electron chi connectivity index (χ0n) is 15.9. The molecule has 1 spiro atoms. The Morgan fingerprint density at radius 1 is 1.04 bits per heavy atom. The molecule has 0 N–H and O–H groups in total. The average Bonchev–Trinajstić information content (AvgIpc) is 3.19. The molecule has 1 aliphatic carbocycles. The number of ether oxygens (including phenoxy) is 2. The second kappa shape index (κ2) is 7.73. The molecule has 2 aromatic carbocycles. The molecule has 2 fully saturated rings. The zero-order valence-corrected chi connectivity index (χ0v) is 15.9. The van der Waals surface area contributed by atoms with Crippen LogP contribution in [0.2, 0.25) is 0 Å². The van der Waals surface area contributed by atoms with Gasteiger partial charge in [0.25, 0.3) is 5.91 Å². The van der Waals surface area contributed by atoms with E-state index in [-0.39, 0.29) is 11.9 Å². The molecule has 4 rings (SSSR count). The summed E-state index contributed by atoms with van der Waals surface area (Å²) >= 11 is 0. The SMILES string of the molecule is COc1ccc(CN2C(=O)C3(CCCC3)OC[C@@H]2Cc2ccccc2)cc1. The summed E-state index contributed by atoms with van der Waals surface area (Å²) in [6.45, 7) is 1.22. The monoisotopic (exact) mass is 365 g/mol. The predicted molar refractivity (Wildman–Crippen MR) is 105 cm³/mol. The van der Waals surface area contributed by atoms with Crippen LogP contribution in [-0.4, -0.2) is 36.2 Å². The summed E-state index contributed by atoms with van der Waals surface area (Å²) in [5.74, 6) is 1.00. The number of benzene rings is 2. The second-order valence-corrected chi connectivity index (χ2v) is 7.64. The highest BCUT2D eigenvalue weighted by molar-refractivity contribution is 5.86. The van der Waals surface area contributed by atoms with Crippen molar-refractivity contribution in [2.45, 2.75) is 50.3 Å². The number of amides is 1. The average molecular weight is 365 g/mol. The Balaban J connectivity index is 1.58. The van der Waals surface area contributed by atoms with E-state index in [0.717, 1.165) is 43.4 Å². The van der Waals surface area contributed by atoms with E-state index in [1.165, 1.54) is 5.56 Å². The molecule has 1 heterocycles. The molecule has 1 aliphatic heterocycles. The molecule has 1 saturated heterocycles. The molecule has 27 heavy (non-hydrogen) atoms. The lowest BCUT2D eigenvalue weighted by Gasteiger charge is -2.44. The van der Waals surface area contributed by atoms with Gasteiger partial charge in [-0.2, -0.15) is 0 Å². The molecule has 1 atom stereocenters. The number of nitrogens with zero attached hydrogens (tertiary/aromatic N) is 1. The third-order valence-electron chi connectivity index (χ3n) is 5.88. The maximum absolute atomic E-state index is 13.5. The second-order valence-electron chi connectivity index (χ2n) is 7.64. The fourth-order valence-electron chi connectivity index (χ4n) is 4.32. The Morgan fingerprint density at radius 2 is 1.74 bits per heavy atom. The van der Waals surface area contributed by atoms with Crippen molar-refractivity contribution in [1.82, 2.24) is 4.90 Å². The highest BCUT2D eigenvalue weighted by Crippen LogP contribution is 2.39. The first-order chi connectivity index (χ1) is 13.2. The Morgan fingerprint density at radius 3 is 2.41 bits per heavy atom. The molecule has 142 valence electrons. The quantitative estimate of drug-likeness (QED) is 0.804. The van der Waals surface area contributed by atoms with E-state index in [9.17, 15) is 4.79 Å². The minimum atomic E-state index is -0.584. The van der Waals surface area contributed by atoms with E-state index in [2.05, 4.69) is 17.0 Å². The lowest BCUT2D eigenvalue weighted by Crippen LogP contribution is -2.60. The first-order valence-corrected chi connectivity index (χ1v) is 9.82. The Bertz CT molecular complexity index is 766. The van der Waals surface area contributed by atoms with Gasteiger partial charge in [-0.25, -0.2) is 0 Å². The van der Waals surface area contributed by atoms with Gasteiger partial charge in [-0.15, -0.1) is 0 Å². The van der Waals surface area contributed by atoms with Gasteiger partial charge >= 0.3 is 0 Å². The standard InChI is InChI=1S/C23H27NO3/c1-26-21-11-9-19(10-12-21)16-24-20(15-18-7-3-2-4-8-18)17-27-23(22(24)25)13-5-6-14-23/h2-4,7-12,20H,5-6,13-17H2,1H3/t20-/m0/s1. The van der Waals surface area contributed by atoms with E-state index in [1.807, 2.05) is 42.5 Å². The number of morpholine rings is 1. The van der Waals surface area contributed by atoms with Crippen LogP contribution in [0, 0.1) is 0 Å². The Kier molecular flexibility index (Phi) is 5.17. The van der Waals surface area contributed by atoms with Crippen LogP contribution >= 0.6 is 0 Å². The van der Waals surface area contributed by atoms with Crippen molar-refractivity contribution in [3.8, 4) is 5.75 Å². The molecular weight excluding hydrogens is 338 g/mol. The van der Waals surface area contributed by atoms with Gasteiger partial charge in [-0.3, -0.25) is 4.79 Å². The van der Waals surface area contributed by atoms with Gasteiger partial charge in [-0.1, -0.05) is 42.5 Å². The van der Waals surface area contributed by atoms with Crippen LogP contribution in [0.4, 0.5) is 0 Å². The summed E-state index contributed by atoms with van der Waals surface area (Å²) in [4.78, 5) is 15.5. The zero-order chi connectivity index (χ0) is 18.7. The van der Waals surface area contributed by atoms with Crippen molar-refractivity contribution in [2.75, 3.05) is 13.7 Å². The summed E-state index contributed by atoms with van der Waals surface area (Å²) < 4.78 is 11.5. The highest BCUT2D eigenvalue weighted by atomic mass is 16.5. The predicted octanol–water partition coefficient (Wildman–Crippen LogP) is 3.98. The lowest BCUT2D eigenvalue weighted by atomic mass is 9.93. The summed E-state index contributed by atoms with van der Waals surface area (Å²) in [5, 5.41) is 0. The summed E-state index contributed by atoms with van der Waals surface area (Å²) in [7, 11) is 1.67. The minimum absolute atomic E-state index is 0.0632. The van der Waals surface area contributed by atoms with E-state index in [1.54, 1.807) is 7.11 Å². The summed E-state index contributed by atoms with van der Waals surface area (Å²) in [6.07, 6.45) is 4.67. The number of hydrogen-bond donors (Lipinski definition) is 0. The van der Waals surface area contributed by atoms with Gasteiger partial charge < -0.3 is 14.4 Å². The fraction of sp³-hybridized carbons (Fsp3) is 0.435. The largest absolute Gasteiger partial charge is 0.497 e. The lowest BCUT2D eigenvalue weighted by molar-refractivity contribution is -0.180. The minimum Gasteiger partial charge on any atom is -0.497 e. The van der Waals surface area contributed by atoms with Crippen molar-refractivity contribution in [3.63, 3.8) is 0 Å². The van der Waals surface area contributed by atoms with E-state index >= 15 is 0 Å². The van der Waals surface area contributed by atoms with Gasteiger partial charge in [0.1, 0.15) is 11.4 Å². The molecule has 2 aromatic rings. The molecular formula is C23H27NO3. The van der Waals surface area contributed by atoms with Crippen molar-refractivity contribution >= 4 is 5.91 Å². The van der Waals surface area contributed by atoms with Crippen molar-refractivity contribution < 1.29 is 14.3 Å². The highest BCUT2D eigenvalue weighted by Gasteiger charge is 2.49. The van der Waals surface area contributed by atoms with E-state index in [4.69, 9.17) is 9.47 Å². The third kappa shape index (κ3) is 3.72. The van der Waals surface area contributed by atoms with Gasteiger partial charge in [0.2, 0.25) is 0 Å². The van der Waals surface area contributed by atoms with Crippen molar-refractivity contribution in [2.24, 2.45) is 0 Å². The molecule has 1 saturated carbocycles. The molecule has 4 heteroatoms. The maximum Gasteiger partial charge on any atom is 0.255 e. The van der Waals surface area contributed by atoms with E-state index in [0.29, 0.717) is 13.2 Å². The molecule has 0 aromatic heterocycles. The van der Waals surface area contributed by atoms with Crippen LogP contribution in [0.3, 0.4) is 0 Å². The van der Waals surface area contributed by atoms with Crippen molar-refractivity contribution in [3.05, 3.63) is 65.7 Å². The first kappa shape index (κ1) is 18.1.